The fraction of sp³-hybridized carbons (Fsp3) is 0.286. The van der Waals surface area contributed by atoms with E-state index in [1.165, 1.54) is 24.3 Å². The average molecular weight is 547 g/mol. The van der Waals surface area contributed by atoms with Crippen LogP contribution in [0.2, 0.25) is 0 Å². The van der Waals surface area contributed by atoms with Gasteiger partial charge in [-0.05, 0) is 36.8 Å². The maximum Gasteiger partial charge on any atom is 0.573 e. The molecule has 0 aliphatic carbocycles. The molecule has 2 unspecified atom stereocenters. The molecule has 0 saturated carbocycles. The molecule has 1 amide bonds. The summed E-state index contributed by atoms with van der Waals surface area (Å²) >= 11 is 1.08. The van der Waals surface area contributed by atoms with Gasteiger partial charge in [-0.15, -0.1) is 25.6 Å². The van der Waals surface area contributed by atoms with Gasteiger partial charge < -0.3 is 36.8 Å². The topological polar surface area (TPSA) is 156 Å². The number of carboxylic acid groups (broad SMARTS) is 1. The Morgan fingerprint density at radius 3 is 2.67 bits per heavy atom. The van der Waals surface area contributed by atoms with Gasteiger partial charge in [0.25, 0.3) is 0 Å². The summed E-state index contributed by atoms with van der Waals surface area (Å²) in [4.78, 5) is 29.0. The minimum Gasteiger partial charge on any atom is -0.478 e. The van der Waals surface area contributed by atoms with Crippen molar-refractivity contribution in [3.63, 3.8) is 0 Å². The molecule has 36 heavy (non-hydrogen) atoms. The van der Waals surface area contributed by atoms with Crippen LogP contribution in [0.4, 0.5) is 29.7 Å². The van der Waals surface area contributed by atoms with Gasteiger partial charge >= 0.3 is 12.3 Å². The molecule has 7 N–H and O–H groups in total. The van der Waals surface area contributed by atoms with Crippen LogP contribution in [0.25, 0.3) is 10.2 Å². The number of hydrogen-bond acceptors (Lipinski definition) is 9. The summed E-state index contributed by atoms with van der Waals surface area (Å²) in [5, 5.41) is 16.1. The molecule has 194 valence electrons. The Morgan fingerprint density at radius 1 is 1.31 bits per heavy atom. The maximum atomic E-state index is 12.6. The maximum absolute atomic E-state index is 12.6. The molecule has 0 fully saturated rings. The molecular weight excluding hydrogens is 525 g/mol. The monoisotopic (exact) mass is 546 g/mol. The Labute approximate surface area is 212 Å². The SMILES string of the molecule is CN1c2ccc(C(=O)O)cc2NC1(Nc1nc2ccc(OC(F)(F)F)cc2s1)C(N)CCC(N)=O.Cl. The number of likely N-dealkylation sites (N-methyl/N-ethyl adjacent to an activating group) is 1. The minimum absolute atomic E-state index is 0. The highest BCUT2D eigenvalue weighted by atomic mass is 35.5. The van der Waals surface area contributed by atoms with E-state index in [2.05, 4.69) is 20.4 Å². The first kappa shape index (κ1) is 27.1. The van der Waals surface area contributed by atoms with Gasteiger partial charge in [0.2, 0.25) is 11.7 Å². The lowest BCUT2D eigenvalue weighted by molar-refractivity contribution is -0.274. The Hall–Kier alpha value is -3.49. The van der Waals surface area contributed by atoms with E-state index in [0.717, 1.165) is 17.4 Å². The van der Waals surface area contributed by atoms with Gasteiger partial charge in [0.15, 0.2) is 5.13 Å². The van der Waals surface area contributed by atoms with Gasteiger partial charge in [0, 0.05) is 19.5 Å². The van der Waals surface area contributed by atoms with Gasteiger partial charge in [0.1, 0.15) is 5.75 Å². The van der Waals surface area contributed by atoms with Crippen molar-refractivity contribution in [2.24, 2.45) is 11.5 Å². The molecule has 2 heterocycles. The van der Waals surface area contributed by atoms with Gasteiger partial charge in [-0.3, -0.25) is 4.79 Å². The van der Waals surface area contributed by atoms with Crippen LogP contribution >= 0.6 is 23.7 Å². The van der Waals surface area contributed by atoms with Crippen molar-refractivity contribution in [3.8, 4) is 5.75 Å². The number of carboxylic acids is 1. The number of ether oxygens (including phenoxy) is 1. The van der Waals surface area contributed by atoms with E-state index in [1.807, 2.05) is 0 Å². The number of alkyl halides is 3. The third-order valence-corrected chi connectivity index (χ3v) is 6.52. The second-order valence-corrected chi connectivity index (χ2v) is 8.95. The molecular formula is C21H22ClF3N6O4S. The number of hydrogen-bond donors (Lipinski definition) is 5. The van der Waals surface area contributed by atoms with Crippen LogP contribution in [0.15, 0.2) is 36.4 Å². The van der Waals surface area contributed by atoms with Crippen molar-refractivity contribution in [2.75, 3.05) is 22.6 Å². The summed E-state index contributed by atoms with van der Waals surface area (Å²) in [6.07, 6.45) is -4.66. The number of halogens is 4. The van der Waals surface area contributed by atoms with Crippen molar-refractivity contribution >= 4 is 62.3 Å². The van der Waals surface area contributed by atoms with Crippen molar-refractivity contribution in [1.29, 1.82) is 0 Å². The number of nitrogens with two attached hydrogens (primary N) is 2. The Balaban J connectivity index is 0.00000361. The summed E-state index contributed by atoms with van der Waals surface area (Å²) < 4.78 is 42.2. The molecule has 0 spiro atoms. The highest BCUT2D eigenvalue weighted by Crippen LogP contribution is 2.43. The normalized spacial score (nSPS) is 17.6. The molecule has 2 atom stereocenters. The fourth-order valence-electron chi connectivity index (χ4n) is 3.92. The molecule has 0 bridgehead atoms. The number of aromatic carboxylic acids is 1. The number of carbonyl (C=O) groups excluding carboxylic acids is 1. The third-order valence-electron chi connectivity index (χ3n) is 5.59. The van der Waals surface area contributed by atoms with Crippen LogP contribution in [-0.4, -0.2) is 47.2 Å². The van der Waals surface area contributed by atoms with Crippen LogP contribution in [-0.2, 0) is 4.79 Å². The number of amides is 1. The number of aromatic nitrogens is 1. The van der Waals surface area contributed by atoms with Crippen LogP contribution < -0.4 is 31.7 Å². The predicted molar refractivity (Wildman–Crippen MR) is 132 cm³/mol. The van der Waals surface area contributed by atoms with Crippen LogP contribution in [0.1, 0.15) is 23.2 Å². The largest absolute Gasteiger partial charge is 0.573 e. The lowest BCUT2D eigenvalue weighted by Gasteiger charge is -2.42. The number of thiazole rings is 1. The second kappa shape index (κ2) is 9.87. The van der Waals surface area contributed by atoms with E-state index in [0.29, 0.717) is 26.7 Å². The summed E-state index contributed by atoms with van der Waals surface area (Å²) in [6, 6.07) is 7.56. The number of anilines is 3. The van der Waals surface area contributed by atoms with E-state index >= 15 is 0 Å². The molecule has 3 aromatic rings. The van der Waals surface area contributed by atoms with Gasteiger partial charge in [-0.2, -0.15) is 0 Å². The zero-order valence-corrected chi connectivity index (χ0v) is 20.3. The van der Waals surface area contributed by atoms with Crippen LogP contribution in [0.3, 0.4) is 0 Å². The third kappa shape index (κ3) is 5.34. The standard InChI is InChI=1S/C21H21F3N6O4S.ClH/c1-30-14-5-2-10(18(32)33)8-13(14)28-20(30,16(25)6-7-17(26)31)29-19-27-12-4-3-11(9-15(12)35-19)34-21(22,23)24;/h2-5,8-9,16,28H,6-7,25H2,1H3,(H2,26,31)(H,27,29)(H,32,33);1H. The number of nitrogens with zero attached hydrogens (tertiary/aromatic N) is 2. The van der Waals surface area contributed by atoms with E-state index in [-0.39, 0.29) is 36.6 Å². The summed E-state index contributed by atoms with van der Waals surface area (Å²) in [5.74, 6) is -3.28. The van der Waals surface area contributed by atoms with E-state index in [1.54, 1.807) is 18.0 Å². The summed E-state index contributed by atoms with van der Waals surface area (Å²) in [6.45, 7) is 0. The molecule has 1 aliphatic rings. The molecule has 10 nitrogen and oxygen atoms in total. The smallest absolute Gasteiger partial charge is 0.478 e. The molecule has 1 aromatic heterocycles. The first-order chi connectivity index (χ1) is 16.4. The highest BCUT2D eigenvalue weighted by molar-refractivity contribution is 7.22. The molecule has 15 heteroatoms. The Morgan fingerprint density at radius 2 is 2.03 bits per heavy atom. The van der Waals surface area contributed by atoms with Gasteiger partial charge in [0.05, 0.1) is 33.2 Å². The Bertz CT molecular complexity index is 1310. The number of rotatable bonds is 8. The zero-order valence-electron chi connectivity index (χ0n) is 18.6. The minimum atomic E-state index is -4.83. The van der Waals surface area contributed by atoms with Crippen molar-refractivity contribution < 1.29 is 32.6 Å². The fourth-order valence-corrected chi connectivity index (χ4v) is 4.87. The number of fused-ring (bicyclic) bond motifs is 2. The number of benzene rings is 2. The average Bonchev–Trinajstić information content (AvgIpc) is 3.28. The Kier molecular flexibility index (Phi) is 7.43. The summed E-state index contributed by atoms with van der Waals surface area (Å²) in [7, 11) is 1.72. The summed E-state index contributed by atoms with van der Waals surface area (Å²) in [5.41, 5.74) is 13.4. The number of primary amides is 1. The quantitative estimate of drug-likeness (QED) is 0.285. The lowest BCUT2D eigenvalue weighted by Crippen LogP contribution is -2.66. The first-order valence-corrected chi connectivity index (χ1v) is 11.1. The number of nitrogens with one attached hydrogen (secondary N) is 2. The van der Waals surface area contributed by atoms with Crippen LogP contribution in [0, 0.1) is 0 Å². The second-order valence-electron chi connectivity index (χ2n) is 7.92. The molecule has 0 radical (unpaired) electrons. The van der Waals surface area contributed by atoms with Crippen molar-refractivity contribution in [1.82, 2.24) is 4.98 Å². The lowest BCUT2D eigenvalue weighted by atomic mass is 10.0. The number of carbonyl (C=O) groups is 2. The van der Waals surface area contributed by atoms with Gasteiger partial charge in [-0.25, -0.2) is 9.78 Å². The molecule has 0 saturated heterocycles. The van der Waals surface area contributed by atoms with E-state index < -0.39 is 30.1 Å². The zero-order chi connectivity index (χ0) is 25.5. The van der Waals surface area contributed by atoms with Crippen LogP contribution in [0.5, 0.6) is 5.75 Å². The van der Waals surface area contributed by atoms with Crippen molar-refractivity contribution in [2.45, 2.75) is 31.0 Å². The van der Waals surface area contributed by atoms with Gasteiger partial charge in [-0.1, -0.05) is 11.3 Å². The predicted octanol–water partition coefficient (Wildman–Crippen LogP) is 3.54. The van der Waals surface area contributed by atoms with Crippen molar-refractivity contribution in [3.05, 3.63) is 42.0 Å². The van der Waals surface area contributed by atoms with E-state index in [4.69, 9.17) is 11.5 Å². The highest BCUT2D eigenvalue weighted by Gasteiger charge is 2.47. The molecule has 4 rings (SSSR count). The molecule has 1 aliphatic heterocycles. The first-order valence-electron chi connectivity index (χ1n) is 10.3. The van der Waals surface area contributed by atoms with E-state index in [9.17, 15) is 27.9 Å². The molecule has 2 aromatic carbocycles.